The van der Waals surface area contributed by atoms with Gasteiger partial charge in [-0.3, -0.25) is 14.4 Å². The molecule has 0 spiro atoms. The lowest BCUT2D eigenvalue weighted by atomic mass is 9.89. The molecule has 124 valence electrons. The zero-order valence-corrected chi connectivity index (χ0v) is 13.3. The molecule has 5 heteroatoms. The van der Waals surface area contributed by atoms with E-state index >= 15 is 0 Å². The SMILES string of the molecule is O=C(O)CCCNC(=O)CCC(=O)c1ccc2c(c1)CCCC2. The summed E-state index contributed by atoms with van der Waals surface area (Å²) < 4.78 is 0. The summed E-state index contributed by atoms with van der Waals surface area (Å²) in [6.07, 6.45) is 5.26. The number of hydrogen-bond acceptors (Lipinski definition) is 3. The molecule has 0 atom stereocenters. The first-order valence-electron chi connectivity index (χ1n) is 8.20. The van der Waals surface area contributed by atoms with Crippen molar-refractivity contribution in [3.05, 3.63) is 34.9 Å². The standard InChI is InChI=1S/C18H23NO4/c20-16(9-10-17(21)19-11-3-6-18(22)23)15-8-7-13-4-1-2-5-14(13)12-15/h7-8,12H,1-6,9-11H2,(H,19,21)(H,22,23). The summed E-state index contributed by atoms with van der Waals surface area (Å²) in [5.74, 6) is -1.09. The van der Waals surface area contributed by atoms with E-state index in [0.717, 1.165) is 12.8 Å². The second kappa shape index (κ2) is 8.46. The molecule has 5 nitrogen and oxygen atoms in total. The van der Waals surface area contributed by atoms with Crippen LogP contribution < -0.4 is 5.32 Å². The average Bonchev–Trinajstić information content (AvgIpc) is 2.56. The minimum Gasteiger partial charge on any atom is -0.481 e. The van der Waals surface area contributed by atoms with Crippen molar-refractivity contribution in [2.75, 3.05) is 6.54 Å². The van der Waals surface area contributed by atoms with E-state index in [9.17, 15) is 14.4 Å². The van der Waals surface area contributed by atoms with Gasteiger partial charge in [0.15, 0.2) is 5.78 Å². The van der Waals surface area contributed by atoms with E-state index in [0.29, 0.717) is 18.5 Å². The molecule has 0 unspecified atom stereocenters. The van der Waals surface area contributed by atoms with Crippen molar-refractivity contribution < 1.29 is 19.5 Å². The van der Waals surface area contributed by atoms with Gasteiger partial charge in [-0.1, -0.05) is 12.1 Å². The number of rotatable bonds is 8. The number of aryl methyl sites for hydroxylation is 2. The zero-order valence-electron chi connectivity index (χ0n) is 13.3. The van der Waals surface area contributed by atoms with Gasteiger partial charge in [0.2, 0.25) is 5.91 Å². The van der Waals surface area contributed by atoms with E-state index in [4.69, 9.17) is 5.11 Å². The monoisotopic (exact) mass is 317 g/mol. The third-order valence-corrected chi connectivity index (χ3v) is 4.14. The number of Topliss-reactive ketones (excluding diaryl/α,β-unsaturated/α-hetero) is 1. The highest BCUT2D eigenvalue weighted by Crippen LogP contribution is 2.22. The summed E-state index contributed by atoms with van der Waals surface area (Å²) >= 11 is 0. The number of carboxylic acid groups (broad SMARTS) is 1. The molecule has 0 radical (unpaired) electrons. The van der Waals surface area contributed by atoms with Crippen molar-refractivity contribution in [1.29, 1.82) is 0 Å². The van der Waals surface area contributed by atoms with Gasteiger partial charge in [-0.15, -0.1) is 0 Å². The van der Waals surface area contributed by atoms with Crippen molar-refractivity contribution in [3.63, 3.8) is 0 Å². The van der Waals surface area contributed by atoms with E-state index in [1.54, 1.807) is 0 Å². The van der Waals surface area contributed by atoms with Crippen LogP contribution in [-0.2, 0) is 22.4 Å². The fraction of sp³-hybridized carbons (Fsp3) is 0.500. The number of hydrogen-bond donors (Lipinski definition) is 2. The van der Waals surface area contributed by atoms with Crippen LogP contribution in [0.3, 0.4) is 0 Å². The summed E-state index contributed by atoms with van der Waals surface area (Å²) in [6, 6.07) is 5.87. The molecule has 0 heterocycles. The topological polar surface area (TPSA) is 83.5 Å². The molecule has 0 aromatic heterocycles. The third-order valence-electron chi connectivity index (χ3n) is 4.14. The highest BCUT2D eigenvalue weighted by Gasteiger charge is 2.14. The number of nitrogens with one attached hydrogen (secondary N) is 1. The molecule has 2 N–H and O–H groups in total. The van der Waals surface area contributed by atoms with Crippen LogP contribution in [0.15, 0.2) is 18.2 Å². The Bertz CT molecular complexity index is 595. The molecule has 1 aliphatic carbocycles. The lowest BCUT2D eigenvalue weighted by Crippen LogP contribution is -2.25. The molecule has 23 heavy (non-hydrogen) atoms. The van der Waals surface area contributed by atoms with Crippen LogP contribution in [0.2, 0.25) is 0 Å². The van der Waals surface area contributed by atoms with Gasteiger partial charge in [0, 0.05) is 31.4 Å². The van der Waals surface area contributed by atoms with E-state index in [1.165, 1.54) is 24.0 Å². The molecule has 1 amide bonds. The molecule has 0 saturated heterocycles. The number of carboxylic acids is 1. The summed E-state index contributed by atoms with van der Waals surface area (Å²) in [5.41, 5.74) is 3.29. The Balaban J connectivity index is 1.76. The Hall–Kier alpha value is -2.17. The summed E-state index contributed by atoms with van der Waals surface area (Å²) in [6.45, 7) is 0.332. The molecule has 0 saturated carbocycles. The first-order chi connectivity index (χ1) is 11.1. The second-order valence-corrected chi connectivity index (χ2v) is 5.96. The van der Waals surface area contributed by atoms with Gasteiger partial charge in [-0.2, -0.15) is 0 Å². The van der Waals surface area contributed by atoms with Crippen molar-refractivity contribution in [2.24, 2.45) is 0 Å². The fourth-order valence-corrected chi connectivity index (χ4v) is 2.83. The minimum absolute atomic E-state index is 0.0148. The number of amides is 1. The lowest BCUT2D eigenvalue weighted by molar-refractivity contribution is -0.137. The van der Waals surface area contributed by atoms with E-state index in [1.807, 2.05) is 18.2 Å². The van der Waals surface area contributed by atoms with Crippen molar-refractivity contribution in [2.45, 2.75) is 51.4 Å². The highest BCUT2D eigenvalue weighted by atomic mass is 16.4. The predicted octanol–water partition coefficient (Wildman–Crippen LogP) is 2.51. The second-order valence-electron chi connectivity index (χ2n) is 5.96. The number of carbonyl (C=O) groups excluding carboxylic acids is 2. The van der Waals surface area contributed by atoms with Gasteiger partial charge in [0.25, 0.3) is 0 Å². The van der Waals surface area contributed by atoms with Gasteiger partial charge in [-0.05, 0) is 49.3 Å². The number of carbonyl (C=O) groups is 3. The first-order valence-corrected chi connectivity index (χ1v) is 8.20. The third kappa shape index (κ3) is 5.51. The van der Waals surface area contributed by atoms with Gasteiger partial charge in [0.1, 0.15) is 0 Å². The quantitative estimate of drug-likeness (QED) is 0.570. The molecule has 0 bridgehead atoms. The maximum Gasteiger partial charge on any atom is 0.303 e. The maximum atomic E-state index is 12.2. The van der Waals surface area contributed by atoms with E-state index < -0.39 is 5.97 Å². The normalized spacial score (nSPS) is 13.2. The van der Waals surface area contributed by atoms with Gasteiger partial charge in [-0.25, -0.2) is 0 Å². The van der Waals surface area contributed by atoms with E-state index in [2.05, 4.69) is 5.32 Å². The van der Waals surface area contributed by atoms with Gasteiger partial charge >= 0.3 is 5.97 Å². The average molecular weight is 317 g/mol. The van der Waals surface area contributed by atoms with Crippen LogP contribution in [-0.4, -0.2) is 29.3 Å². The Labute approximate surface area is 136 Å². The first kappa shape index (κ1) is 17.2. The van der Waals surface area contributed by atoms with Crippen LogP contribution in [0.4, 0.5) is 0 Å². The molecule has 1 aromatic carbocycles. The predicted molar refractivity (Wildman–Crippen MR) is 86.5 cm³/mol. The molecular formula is C18H23NO4. The number of benzene rings is 1. The maximum absolute atomic E-state index is 12.2. The molecule has 0 fully saturated rings. The molecule has 1 aromatic rings. The van der Waals surface area contributed by atoms with Crippen LogP contribution in [0.1, 0.15) is 60.0 Å². The Morgan fingerprint density at radius 2 is 1.74 bits per heavy atom. The number of ketones is 1. The Morgan fingerprint density at radius 3 is 2.48 bits per heavy atom. The van der Waals surface area contributed by atoms with Crippen molar-refractivity contribution in [1.82, 2.24) is 5.32 Å². The van der Waals surface area contributed by atoms with Crippen LogP contribution in [0, 0.1) is 0 Å². The smallest absolute Gasteiger partial charge is 0.303 e. The van der Waals surface area contributed by atoms with Crippen molar-refractivity contribution in [3.8, 4) is 0 Å². The number of fused-ring (bicyclic) bond motifs is 1. The van der Waals surface area contributed by atoms with Crippen LogP contribution >= 0.6 is 0 Å². The largest absolute Gasteiger partial charge is 0.481 e. The zero-order chi connectivity index (χ0) is 16.7. The van der Waals surface area contributed by atoms with Crippen molar-refractivity contribution >= 4 is 17.7 Å². The van der Waals surface area contributed by atoms with Gasteiger partial charge < -0.3 is 10.4 Å². The number of aliphatic carboxylic acids is 1. The molecule has 0 aliphatic heterocycles. The molecular weight excluding hydrogens is 294 g/mol. The molecule has 1 aliphatic rings. The molecule has 2 rings (SSSR count). The fourth-order valence-electron chi connectivity index (χ4n) is 2.83. The highest BCUT2D eigenvalue weighted by molar-refractivity contribution is 5.98. The van der Waals surface area contributed by atoms with Crippen LogP contribution in [0.5, 0.6) is 0 Å². The summed E-state index contributed by atoms with van der Waals surface area (Å²) in [4.78, 5) is 34.2. The Morgan fingerprint density at radius 1 is 1.00 bits per heavy atom. The van der Waals surface area contributed by atoms with Gasteiger partial charge in [0.05, 0.1) is 0 Å². The Kier molecular flexibility index (Phi) is 6.32. The van der Waals surface area contributed by atoms with E-state index in [-0.39, 0.29) is 31.0 Å². The summed E-state index contributed by atoms with van der Waals surface area (Å²) in [7, 11) is 0. The van der Waals surface area contributed by atoms with Crippen LogP contribution in [0.25, 0.3) is 0 Å². The summed E-state index contributed by atoms with van der Waals surface area (Å²) in [5, 5.41) is 11.1. The minimum atomic E-state index is -0.873. The lowest BCUT2D eigenvalue weighted by Gasteiger charge is -2.16.